The van der Waals surface area contributed by atoms with Crippen molar-refractivity contribution in [2.24, 2.45) is 17.4 Å². The maximum absolute atomic E-state index is 7.63. The summed E-state index contributed by atoms with van der Waals surface area (Å²) < 4.78 is 0. The highest BCUT2D eigenvalue weighted by Gasteiger charge is 2.32. The number of nitrogens with one attached hydrogen (secondary N) is 4. The van der Waals surface area contributed by atoms with Gasteiger partial charge in [-0.25, -0.2) is 0 Å². The molecule has 0 aliphatic rings. The quantitative estimate of drug-likeness (QED) is 0.133. The van der Waals surface area contributed by atoms with Gasteiger partial charge in [0.05, 0.1) is 0 Å². The van der Waals surface area contributed by atoms with Gasteiger partial charge in [-0.3, -0.25) is 10.8 Å². The van der Waals surface area contributed by atoms with Crippen LogP contribution in [-0.2, 0) is 0 Å². The predicted molar refractivity (Wildman–Crippen MR) is 109 cm³/mol. The van der Waals surface area contributed by atoms with Gasteiger partial charge in [0, 0.05) is 0 Å². The largest absolute Gasteiger partial charge is 0.370 e. The number of hydrogen-bond acceptors (Lipinski definition) is 2. The third-order valence-electron chi connectivity index (χ3n) is 4.14. The molecule has 0 aromatic heterocycles. The van der Waals surface area contributed by atoms with Crippen molar-refractivity contribution >= 4 is 36.7 Å². The molecule has 0 spiro atoms. The second-order valence-electron chi connectivity index (χ2n) is 6.24. The van der Waals surface area contributed by atoms with E-state index in [1.165, 1.54) is 12.8 Å². The molecule has 0 aromatic carbocycles. The van der Waals surface area contributed by atoms with Crippen LogP contribution >= 0.6 is 24.8 Å². The molecular formula is C16H38Cl2N6. The van der Waals surface area contributed by atoms with Crippen molar-refractivity contribution < 1.29 is 0 Å². The van der Waals surface area contributed by atoms with Crippen molar-refractivity contribution in [3.8, 4) is 0 Å². The summed E-state index contributed by atoms with van der Waals surface area (Å²) in [5, 5.41) is 21.4. The summed E-state index contributed by atoms with van der Waals surface area (Å²) >= 11 is 0. The zero-order chi connectivity index (χ0) is 17.0. The Morgan fingerprint density at radius 3 is 1.79 bits per heavy atom. The lowest BCUT2D eigenvalue weighted by Crippen LogP contribution is -2.63. The fraction of sp³-hybridized carbons (Fsp3) is 0.875. The Balaban J connectivity index is -0.00000220. The molecule has 1 unspecified atom stereocenters. The van der Waals surface area contributed by atoms with Crippen LogP contribution in [0.25, 0.3) is 0 Å². The number of rotatable bonds is 12. The molecule has 1 atom stereocenters. The molecule has 146 valence electrons. The molecule has 8 N–H and O–H groups in total. The Bertz CT molecular complexity index is 323. The van der Waals surface area contributed by atoms with Gasteiger partial charge in [0.25, 0.3) is 0 Å². The van der Waals surface area contributed by atoms with Gasteiger partial charge in [-0.1, -0.05) is 59.3 Å². The van der Waals surface area contributed by atoms with Crippen LogP contribution in [0.4, 0.5) is 0 Å². The third kappa shape index (κ3) is 12.5. The van der Waals surface area contributed by atoms with Gasteiger partial charge >= 0.3 is 0 Å². The summed E-state index contributed by atoms with van der Waals surface area (Å²) in [5.41, 5.74) is 10.6. The van der Waals surface area contributed by atoms with Gasteiger partial charge in [-0.05, 0) is 25.2 Å². The molecule has 0 fully saturated rings. The van der Waals surface area contributed by atoms with Crippen LogP contribution in [0.5, 0.6) is 0 Å². The zero-order valence-corrected chi connectivity index (χ0v) is 17.0. The molecule has 0 amide bonds. The Morgan fingerprint density at radius 1 is 0.917 bits per heavy atom. The number of nitrogens with two attached hydrogens (primary N) is 2. The van der Waals surface area contributed by atoms with Crippen molar-refractivity contribution in [3.63, 3.8) is 0 Å². The third-order valence-corrected chi connectivity index (χ3v) is 4.14. The zero-order valence-electron chi connectivity index (χ0n) is 15.4. The molecule has 0 aliphatic heterocycles. The molecule has 24 heavy (non-hydrogen) atoms. The van der Waals surface area contributed by atoms with Crippen molar-refractivity contribution in [1.82, 2.24) is 10.6 Å². The van der Waals surface area contributed by atoms with E-state index in [4.69, 9.17) is 22.3 Å². The molecule has 0 saturated heterocycles. The van der Waals surface area contributed by atoms with Crippen LogP contribution in [0.3, 0.4) is 0 Å². The number of unbranched alkanes of at least 4 members (excludes halogenated alkanes) is 3. The van der Waals surface area contributed by atoms with Gasteiger partial charge in [0.1, 0.15) is 5.66 Å². The van der Waals surface area contributed by atoms with Gasteiger partial charge in [-0.2, -0.15) is 0 Å². The lowest BCUT2D eigenvalue weighted by atomic mass is 9.85. The Labute approximate surface area is 160 Å². The highest BCUT2D eigenvalue weighted by Crippen LogP contribution is 2.27. The lowest BCUT2D eigenvalue weighted by molar-refractivity contribution is 0.225. The van der Waals surface area contributed by atoms with E-state index in [-0.39, 0.29) is 36.7 Å². The fourth-order valence-corrected chi connectivity index (χ4v) is 2.99. The monoisotopic (exact) mass is 384 g/mol. The van der Waals surface area contributed by atoms with E-state index in [0.29, 0.717) is 5.92 Å². The first-order valence-electron chi connectivity index (χ1n) is 8.63. The Morgan fingerprint density at radius 2 is 1.42 bits per heavy atom. The summed E-state index contributed by atoms with van der Waals surface area (Å²) in [7, 11) is 0. The van der Waals surface area contributed by atoms with Crippen LogP contribution in [0, 0.1) is 16.7 Å². The summed E-state index contributed by atoms with van der Waals surface area (Å²) in [6.45, 7) is 6.55. The summed E-state index contributed by atoms with van der Waals surface area (Å²) in [6.07, 6.45) is 9.51. The standard InChI is InChI=1S/C16H36N6.2ClH/c1-4-7-9-11-16(21-14(17)18,22-15(19)20)12-13(6-3)10-8-5-2;;/h13H,4-12H2,1-3H3,(H4,17,18,21)(H4,19,20,22);2*1H. The minimum absolute atomic E-state index is 0. The summed E-state index contributed by atoms with van der Waals surface area (Å²) in [6, 6.07) is 0. The van der Waals surface area contributed by atoms with Gasteiger partial charge < -0.3 is 22.1 Å². The van der Waals surface area contributed by atoms with Crippen molar-refractivity contribution in [3.05, 3.63) is 0 Å². The Kier molecular flexibility index (Phi) is 18.2. The second kappa shape index (κ2) is 15.6. The van der Waals surface area contributed by atoms with Crippen LogP contribution in [-0.4, -0.2) is 17.6 Å². The van der Waals surface area contributed by atoms with Crippen molar-refractivity contribution in [1.29, 1.82) is 10.8 Å². The predicted octanol–water partition coefficient (Wildman–Crippen LogP) is 3.68. The lowest BCUT2D eigenvalue weighted by Gasteiger charge is -2.39. The normalized spacial score (nSPS) is 13.6. The first-order chi connectivity index (χ1) is 10.4. The van der Waals surface area contributed by atoms with Gasteiger partial charge in [0.15, 0.2) is 11.9 Å². The average molecular weight is 385 g/mol. The van der Waals surface area contributed by atoms with Crippen LogP contribution in [0.1, 0.15) is 78.6 Å². The van der Waals surface area contributed by atoms with E-state index in [2.05, 4.69) is 31.4 Å². The molecule has 6 nitrogen and oxygen atoms in total. The molecule has 0 aliphatic carbocycles. The van der Waals surface area contributed by atoms with Gasteiger partial charge in [0.2, 0.25) is 0 Å². The van der Waals surface area contributed by atoms with E-state index in [0.717, 1.165) is 44.9 Å². The first-order valence-corrected chi connectivity index (χ1v) is 8.63. The van der Waals surface area contributed by atoms with Gasteiger partial charge in [-0.15, -0.1) is 24.8 Å². The topological polar surface area (TPSA) is 124 Å². The maximum Gasteiger partial charge on any atom is 0.187 e. The van der Waals surface area contributed by atoms with Crippen molar-refractivity contribution in [2.75, 3.05) is 0 Å². The van der Waals surface area contributed by atoms with Crippen LogP contribution in [0.2, 0.25) is 0 Å². The number of hydrogen-bond donors (Lipinski definition) is 6. The molecule has 0 bridgehead atoms. The van der Waals surface area contributed by atoms with Crippen LogP contribution in [0.15, 0.2) is 0 Å². The molecular weight excluding hydrogens is 347 g/mol. The fourth-order valence-electron chi connectivity index (χ4n) is 2.99. The minimum atomic E-state index is -0.582. The number of guanidine groups is 2. The van der Waals surface area contributed by atoms with E-state index >= 15 is 0 Å². The molecule has 0 saturated carbocycles. The average Bonchev–Trinajstić information content (AvgIpc) is 2.42. The highest BCUT2D eigenvalue weighted by atomic mass is 35.5. The van der Waals surface area contributed by atoms with Crippen molar-refractivity contribution in [2.45, 2.75) is 84.2 Å². The number of halogens is 2. The second-order valence-corrected chi connectivity index (χ2v) is 6.24. The minimum Gasteiger partial charge on any atom is -0.370 e. The molecule has 0 heterocycles. The molecule has 0 rings (SSSR count). The van der Waals surface area contributed by atoms with E-state index < -0.39 is 5.66 Å². The molecule has 8 heteroatoms. The SMILES string of the molecule is CCCCCC(CC(CC)CCCC)(NC(=N)N)NC(=N)N.Cl.Cl. The van der Waals surface area contributed by atoms with E-state index in [1.54, 1.807) is 0 Å². The summed E-state index contributed by atoms with van der Waals surface area (Å²) in [4.78, 5) is 0. The molecule has 0 aromatic rings. The Hall–Kier alpha value is -0.880. The maximum atomic E-state index is 7.63. The summed E-state index contributed by atoms with van der Waals surface area (Å²) in [5.74, 6) is 0.381. The smallest absolute Gasteiger partial charge is 0.187 e. The first kappa shape index (κ1) is 27.9. The molecule has 0 radical (unpaired) electrons. The van der Waals surface area contributed by atoms with E-state index in [1.807, 2.05) is 0 Å². The van der Waals surface area contributed by atoms with Crippen LogP contribution < -0.4 is 22.1 Å². The van der Waals surface area contributed by atoms with E-state index in [9.17, 15) is 0 Å². The highest BCUT2D eigenvalue weighted by molar-refractivity contribution is 5.85.